The van der Waals surface area contributed by atoms with Crippen molar-refractivity contribution < 1.29 is 22.8 Å². The van der Waals surface area contributed by atoms with E-state index < -0.39 is 17.7 Å². The molecule has 1 saturated heterocycles. The normalized spacial score (nSPS) is 16.2. The lowest BCUT2D eigenvalue weighted by atomic mass is 10.1. The molecule has 1 atom stereocenters. The van der Waals surface area contributed by atoms with E-state index in [0.29, 0.717) is 24.3 Å². The van der Waals surface area contributed by atoms with Crippen LogP contribution in [-0.2, 0) is 15.8 Å². The minimum atomic E-state index is -4.39. The Bertz CT molecular complexity index is 1350. The first kappa shape index (κ1) is 20.8. The number of benzene rings is 2. The van der Waals surface area contributed by atoms with Gasteiger partial charge in [0.05, 0.1) is 23.1 Å². The molecule has 3 N–H and O–H groups in total. The minimum absolute atomic E-state index is 0.274. The summed E-state index contributed by atoms with van der Waals surface area (Å²) in [4.78, 5) is 27.4. The van der Waals surface area contributed by atoms with Gasteiger partial charge in [0.15, 0.2) is 0 Å². The Morgan fingerprint density at radius 2 is 1.91 bits per heavy atom. The zero-order valence-corrected chi connectivity index (χ0v) is 17.1. The third-order valence-corrected chi connectivity index (χ3v) is 5.68. The summed E-state index contributed by atoms with van der Waals surface area (Å²) in [6, 6.07) is 10.4. The summed E-state index contributed by atoms with van der Waals surface area (Å²) >= 11 is 0. The Morgan fingerprint density at radius 1 is 1.12 bits per heavy atom. The maximum absolute atomic E-state index is 12.8. The third-order valence-electron chi connectivity index (χ3n) is 5.68. The van der Waals surface area contributed by atoms with Gasteiger partial charge < -0.3 is 15.6 Å². The molecule has 3 heterocycles. The average molecular weight is 453 g/mol. The lowest BCUT2D eigenvalue weighted by Gasteiger charge is -2.08. The minimum Gasteiger partial charge on any atom is -0.359 e. The SMILES string of the molecule is O=C1NCCC1C(=O)Nc1c[nH]c2ccc(-c3cnn(-c4ccc(C(F)(F)F)cc4)c3)cc12. The number of carbonyl (C=O) groups excluding carboxylic acids is 2. The molecule has 2 aromatic heterocycles. The smallest absolute Gasteiger partial charge is 0.359 e. The Morgan fingerprint density at radius 3 is 2.61 bits per heavy atom. The Hall–Kier alpha value is -4.08. The number of aromatic amines is 1. The van der Waals surface area contributed by atoms with E-state index in [1.165, 1.54) is 16.8 Å². The van der Waals surface area contributed by atoms with Gasteiger partial charge >= 0.3 is 6.18 Å². The summed E-state index contributed by atoms with van der Waals surface area (Å²) in [5.41, 5.74) is 2.72. The van der Waals surface area contributed by atoms with Crippen LogP contribution >= 0.6 is 0 Å². The van der Waals surface area contributed by atoms with Crippen molar-refractivity contribution in [2.24, 2.45) is 5.92 Å². The Balaban J connectivity index is 1.40. The van der Waals surface area contributed by atoms with Gasteiger partial charge in [-0.05, 0) is 48.4 Å². The molecule has 1 fully saturated rings. The monoisotopic (exact) mass is 453 g/mol. The second kappa shape index (κ2) is 7.80. The fourth-order valence-corrected chi connectivity index (χ4v) is 3.88. The van der Waals surface area contributed by atoms with E-state index in [9.17, 15) is 22.8 Å². The second-order valence-electron chi connectivity index (χ2n) is 7.80. The lowest BCUT2D eigenvalue weighted by Crippen LogP contribution is -2.29. The molecule has 0 aliphatic carbocycles. The molecule has 168 valence electrons. The summed E-state index contributed by atoms with van der Waals surface area (Å²) in [5.74, 6) is -1.34. The van der Waals surface area contributed by atoms with Crippen LogP contribution in [0.3, 0.4) is 0 Å². The Kier molecular flexibility index (Phi) is 4.92. The molecule has 10 heteroatoms. The molecule has 2 aromatic carbocycles. The molecular weight excluding hydrogens is 435 g/mol. The van der Waals surface area contributed by atoms with Gasteiger partial charge in [-0.2, -0.15) is 18.3 Å². The molecule has 2 amide bonds. The van der Waals surface area contributed by atoms with Gasteiger partial charge in [0, 0.05) is 35.4 Å². The molecule has 5 rings (SSSR count). The number of alkyl halides is 3. The maximum atomic E-state index is 12.8. The van der Waals surface area contributed by atoms with Crippen LogP contribution in [0.15, 0.2) is 61.1 Å². The lowest BCUT2D eigenvalue weighted by molar-refractivity contribution is -0.137. The maximum Gasteiger partial charge on any atom is 0.416 e. The molecule has 0 saturated carbocycles. The molecule has 1 aliphatic heterocycles. The van der Waals surface area contributed by atoms with Crippen LogP contribution in [0, 0.1) is 5.92 Å². The summed E-state index contributed by atoms with van der Waals surface area (Å²) < 4.78 is 39.9. The highest BCUT2D eigenvalue weighted by Gasteiger charge is 2.31. The van der Waals surface area contributed by atoms with Crippen LogP contribution in [0.25, 0.3) is 27.7 Å². The number of rotatable bonds is 4. The van der Waals surface area contributed by atoms with Crippen molar-refractivity contribution in [1.82, 2.24) is 20.1 Å². The number of nitrogens with zero attached hydrogens (tertiary/aromatic N) is 2. The van der Waals surface area contributed by atoms with E-state index in [-0.39, 0.29) is 11.8 Å². The predicted octanol–water partition coefficient (Wildman–Crippen LogP) is 4.11. The summed E-state index contributed by atoms with van der Waals surface area (Å²) in [7, 11) is 0. The highest BCUT2D eigenvalue weighted by atomic mass is 19.4. The molecule has 0 bridgehead atoms. The zero-order valence-electron chi connectivity index (χ0n) is 17.1. The summed E-state index contributed by atoms with van der Waals surface area (Å²) in [5, 5.41) is 10.5. The van der Waals surface area contributed by atoms with E-state index in [2.05, 4.69) is 20.7 Å². The number of hydrogen-bond donors (Lipinski definition) is 3. The largest absolute Gasteiger partial charge is 0.416 e. The molecule has 4 aromatic rings. The number of nitrogens with one attached hydrogen (secondary N) is 3. The van der Waals surface area contributed by atoms with Gasteiger partial charge in [-0.3, -0.25) is 9.59 Å². The number of fused-ring (bicyclic) bond motifs is 1. The van der Waals surface area contributed by atoms with Gasteiger partial charge in [0.25, 0.3) is 0 Å². The molecule has 7 nitrogen and oxygen atoms in total. The number of carbonyl (C=O) groups is 2. The van der Waals surface area contributed by atoms with Crippen LogP contribution in [0.1, 0.15) is 12.0 Å². The molecule has 0 spiro atoms. The molecule has 33 heavy (non-hydrogen) atoms. The molecular formula is C23H18F3N5O2. The topological polar surface area (TPSA) is 91.8 Å². The number of hydrogen-bond acceptors (Lipinski definition) is 3. The first-order valence-corrected chi connectivity index (χ1v) is 10.2. The highest BCUT2D eigenvalue weighted by Crippen LogP contribution is 2.31. The predicted molar refractivity (Wildman–Crippen MR) is 116 cm³/mol. The van der Waals surface area contributed by atoms with E-state index >= 15 is 0 Å². The number of halogens is 3. The standard InChI is InChI=1S/C23H18F3N5O2/c24-23(25,26)15-2-4-16(5-3-15)31-12-14(10-29-31)13-1-6-19-18(9-13)20(11-28-19)30-22(33)17-7-8-27-21(17)32/h1-6,9-12,17,28H,7-8H2,(H,27,32)(H,30,33). The summed E-state index contributed by atoms with van der Waals surface area (Å²) in [6.07, 6.45) is 1.07. The van der Waals surface area contributed by atoms with Gasteiger partial charge in [-0.1, -0.05) is 6.07 Å². The van der Waals surface area contributed by atoms with Crippen molar-refractivity contribution in [2.75, 3.05) is 11.9 Å². The molecule has 0 radical (unpaired) electrons. The van der Waals surface area contributed by atoms with E-state index in [1.54, 1.807) is 18.6 Å². The number of amides is 2. The van der Waals surface area contributed by atoms with E-state index in [0.717, 1.165) is 34.2 Å². The number of H-pyrrole nitrogens is 1. The van der Waals surface area contributed by atoms with Crippen molar-refractivity contribution in [1.29, 1.82) is 0 Å². The van der Waals surface area contributed by atoms with Crippen LogP contribution in [0.4, 0.5) is 18.9 Å². The molecule has 1 unspecified atom stereocenters. The third kappa shape index (κ3) is 3.95. The van der Waals surface area contributed by atoms with Crippen LogP contribution in [0.2, 0.25) is 0 Å². The quantitative estimate of drug-likeness (QED) is 0.406. The van der Waals surface area contributed by atoms with Crippen molar-refractivity contribution in [2.45, 2.75) is 12.6 Å². The Labute approximate surface area is 185 Å². The van der Waals surface area contributed by atoms with Gasteiger partial charge in [0.1, 0.15) is 5.92 Å². The van der Waals surface area contributed by atoms with Crippen LogP contribution < -0.4 is 10.6 Å². The van der Waals surface area contributed by atoms with Crippen LogP contribution in [-0.4, -0.2) is 33.1 Å². The van der Waals surface area contributed by atoms with Gasteiger partial charge in [-0.15, -0.1) is 0 Å². The van der Waals surface area contributed by atoms with Gasteiger partial charge in [0.2, 0.25) is 11.8 Å². The molecule has 1 aliphatic rings. The van der Waals surface area contributed by atoms with Crippen molar-refractivity contribution in [3.63, 3.8) is 0 Å². The highest BCUT2D eigenvalue weighted by molar-refractivity contribution is 6.10. The van der Waals surface area contributed by atoms with Crippen molar-refractivity contribution in [3.8, 4) is 16.8 Å². The first-order chi connectivity index (χ1) is 15.8. The zero-order chi connectivity index (χ0) is 23.2. The first-order valence-electron chi connectivity index (χ1n) is 10.2. The van der Waals surface area contributed by atoms with E-state index in [1.807, 2.05) is 18.2 Å². The number of aromatic nitrogens is 3. The average Bonchev–Trinajstić information content (AvgIpc) is 3.53. The fraction of sp³-hybridized carbons (Fsp3) is 0.174. The fourth-order valence-electron chi connectivity index (χ4n) is 3.88. The van der Waals surface area contributed by atoms with Crippen molar-refractivity contribution >= 4 is 28.4 Å². The van der Waals surface area contributed by atoms with Crippen LogP contribution in [0.5, 0.6) is 0 Å². The van der Waals surface area contributed by atoms with Crippen molar-refractivity contribution in [3.05, 3.63) is 66.6 Å². The van der Waals surface area contributed by atoms with E-state index in [4.69, 9.17) is 0 Å². The number of anilines is 1. The van der Waals surface area contributed by atoms with Gasteiger partial charge in [-0.25, -0.2) is 4.68 Å². The summed E-state index contributed by atoms with van der Waals surface area (Å²) in [6.45, 7) is 0.484. The second-order valence-corrected chi connectivity index (χ2v) is 7.80.